The van der Waals surface area contributed by atoms with Gasteiger partial charge in [-0.15, -0.1) is 0 Å². The molecule has 2 fully saturated rings. The van der Waals surface area contributed by atoms with Gasteiger partial charge in [-0.25, -0.2) is 4.79 Å². The van der Waals surface area contributed by atoms with Crippen LogP contribution in [0.1, 0.15) is 36.2 Å². The van der Waals surface area contributed by atoms with Crippen LogP contribution >= 0.6 is 0 Å². The smallest absolute Gasteiger partial charge is 0.328 e. The molecule has 9 nitrogen and oxygen atoms in total. The van der Waals surface area contributed by atoms with Gasteiger partial charge in [0, 0.05) is 64.9 Å². The van der Waals surface area contributed by atoms with Crippen LogP contribution in [-0.2, 0) is 29.7 Å². The van der Waals surface area contributed by atoms with Gasteiger partial charge >= 0.3 is 6.03 Å². The molecule has 0 atom stereocenters. The summed E-state index contributed by atoms with van der Waals surface area (Å²) in [6.45, 7) is 5.61. The molecule has 0 unspecified atom stereocenters. The number of rotatable bonds is 8. The summed E-state index contributed by atoms with van der Waals surface area (Å²) in [6.07, 6.45) is 5.69. The summed E-state index contributed by atoms with van der Waals surface area (Å²) in [5.41, 5.74) is 2.17. The number of piperidine rings is 1. The van der Waals surface area contributed by atoms with Crippen molar-refractivity contribution >= 4 is 11.9 Å². The molecule has 0 bridgehead atoms. The molecular weight excluding hydrogens is 408 g/mol. The Kier molecular flexibility index (Phi) is 6.57. The number of hydrogen-bond acceptors (Lipinski definition) is 6. The van der Waals surface area contributed by atoms with Gasteiger partial charge in [-0.05, 0) is 38.3 Å². The Bertz CT molecular complexity index is 952. The van der Waals surface area contributed by atoms with Crippen molar-refractivity contribution in [3.05, 3.63) is 47.5 Å². The van der Waals surface area contributed by atoms with E-state index in [-0.39, 0.29) is 18.5 Å². The number of aryl methyl sites for hydroxylation is 2. The monoisotopic (exact) mass is 440 g/mol. The van der Waals surface area contributed by atoms with Crippen LogP contribution in [0.5, 0.6) is 0 Å². The predicted molar refractivity (Wildman–Crippen MR) is 119 cm³/mol. The van der Waals surface area contributed by atoms with Crippen LogP contribution in [0, 0.1) is 6.92 Å². The molecule has 0 saturated carbocycles. The number of carbonyl (C=O) groups is 2. The van der Waals surface area contributed by atoms with E-state index < -0.39 is 5.54 Å². The molecule has 2 aliphatic heterocycles. The van der Waals surface area contributed by atoms with Crippen molar-refractivity contribution < 1.29 is 14.3 Å². The second-order valence-corrected chi connectivity index (χ2v) is 8.71. The fraction of sp³-hybridized carbons (Fsp3) is 0.565. The molecule has 9 heteroatoms. The lowest BCUT2D eigenvalue weighted by molar-refractivity contribution is -0.136. The summed E-state index contributed by atoms with van der Waals surface area (Å²) < 4.78 is 7.03. The van der Waals surface area contributed by atoms with E-state index in [0.717, 1.165) is 25.3 Å². The largest absolute Gasteiger partial charge is 0.385 e. The van der Waals surface area contributed by atoms with E-state index in [0.29, 0.717) is 38.1 Å². The van der Waals surface area contributed by atoms with Crippen molar-refractivity contribution in [3.63, 3.8) is 0 Å². The summed E-state index contributed by atoms with van der Waals surface area (Å²) in [6, 6.07) is 5.33. The van der Waals surface area contributed by atoms with Crippen LogP contribution in [0.25, 0.3) is 0 Å². The summed E-state index contributed by atoms with van der Waals surface area (Å²) in [5, 5.41) is 4.43. The van der Waals surface area contributed by atoms with Gasteiger partial charge in [-0.2, -0.15) is 5.10 Å². The highest BCUT2D eigenvalue weighted by Crippen LogP contribution is 2.38. The number of pyridine rings is 1. The molecule has 1 spiro atoms. The standard InChI is InChI=1S/C23H32N6O3/c1-18-19(15-26(2)25-18)16-27-12-8-23(9-13-27)21(30)28(17-20-7-4-5-10-24-20)22(31)29(23)11-6-14-32-3/h4-5,7,10,15H,6,8-9,11-14,16-17H2,1-3H3. The quantitative estimate of drug-likeness (QED) is 0.461. The van der Waals surface area contributed by atoms with Gasteiger partial charge in [-0.1, -0.05) is 6.07 Å². The fourth-order valence-electron chi connectivity index (χ4n) is 4.86. The van der Waals surface area contributed by atoms with Crippen LogP contribution in [0.3, 0.4) is 0 Å². The highest BCUT2D eigenvalue weighted by Gasteiger charge is 2.57. The van der Waals surface area contributed by atoms with Crippen LogP contribution in [-0.4, -0.2) is 80.3 Å². The van der Waals surface area contributed by atoms with E-state index in [4.69, 9.17) is 4.74 Å². The fourth-order valence-corrected chi connectivity index (χ4v) is 4.86. The maximum atomic E-state index is 13.6. The Balaban J connectivity index is 1.51. The summed E-state index contributed by atoms with van der Waals surface area (Å²) in [4.78, 5) is 36.8. The zero-order valence-corrected chi connectivity index (χ0v) is 19.2. The molecule has 4 rings (SSSR count). The molecule has 32 heavy (non-hydrogen) atoms. The third-order valence-corrected chi connectivity index (χ3v) is 6.59. The molecule has 2 aromatic rings. The van der Waals surface area contributed by atoms with Gasteiger partial charge < -0.3 is 9.64 Å². The van der Waals surface area contributed by atoms with Crippen LogP contribution < -0.4 is 0 Å². The minimum atomic E-state index is -0.778. The number of likely N-dealkylation sites (tertiary alicyclic amines) is 1. The van der Waals surface area contributed by atoms with E-state index >= 15 is 0 Å². The maximum absolute atomic E-state index is 13.6. The second kappa shape index (κ2) is 9.38. The molecule has 2 aliphatic rings. The Hall–Kier alpha value is -2.78. The lowest BCUT2D eigenvalue weighted by Crippen LogP contribution is -2.56. The number of amides is 3. The SMILES string of the molecule is COCCCN1C(=O)N(Cc2ccccn2)C(=O)C12CCN(Cc1cn(C)nc1C)CC2. The molecule has 172 valence electrons. The average Bonchev–Trinajstić information content (AvgIpc) is 3.20. The zero-order valence-electron chi connectivity index (χ0n) is 19.2. The molecule has 3 amide bonds. The van der Waals surface area contributed by atoms with Crippen molar-refractivity contribution in [2.24, 2.45) is 7.05 Å². The number of imide groups is 1. The van der Waals surface area contributed by atoms with E-state index in [1.165, 1.54) is 10.5 Å². The number of carbonyl (C=O) groups excluding carboxylic acids is 2. The topological polar surface area (TPSA) is 83.8 Å². The molecule has 0 radical (unpaired) electrons. The molecule has 4 heterocycles. The summed E-state index contributed by atoms with van der Waals surface area (Å²) in [7, 11) is 3.58. The molecule has 0 N–H and O–H groups in total. The molecule has 0 aromatic carbocycles. The number of ether oxygens (including phenoxy) is 1. The number of urea groups is 1. The van der Waals surface area contributed by atoms with Crippen molar-refractivity contribution in [2.75, 3.05) is 33.4 Å². The van der Waals surface area contributed by atoms with Crippen LogP contribution in [0.4, 0.5) is 4.79 Å². The number of hydrogen-bond donors (Lipinski definition) is 0. The van der Waals surface area contributed by atoms with Gasteiger partial charge in [0.15, 0.2) is 0 Å². The first-order valence-electron chi connectivity index (χ1n) is 11.2. The minimum absolute atomic E-state index is 0.0946. The van der Waals surface area contributed by atoms with E-state index in [2.05, 4.69) is 21.2 Å². The number of aromatic nitrogens is 3. The number of methoxy groups -OCH3 is 1. The van der Waals surface area contributed by atoms with Gasteiger partial charge in [0.05, 0.1) is 17.9 Å². The first-order chi connectivity index (χ1) is 15.4. The Morgan fingerprint density at radius 1 is 1.16 bits per heavy atom. The van der Waals surface area contributed by atoms with Crippen molar-refractivity contribution in [3.8, 4) is 0 Å². The Labute approximate surface area is 188 Å². The first-order valence-corrected chi connectivity index (χ1v) is 11.2. The minimum Gasteiger partial charge on any atom is -0.385 e. The zero-order chi connectivity index (χ0) is 22.7. The third kappa shape index (κ3) is 4.27. The van der Waals surface area contributed by atoms with Gasteiger partial charge in [0.2, 0.25) is 0 Å². The molecular formula is C23H32N6O3. The lowest BCUT2D eigenvalue weighted by atomic mass is 9.85. The third-order valence-electron chi connectivity index (χ3n) is 6.59. The summed E-state index contributed by atoms with van der Waals surface area (Å²) >= 11 is 0. The van der Waals surface area contributed by atoms with Gasteiger partial charge in [0.1, 0.15) is 5.54 Å². The van der Waals surface area contributed by atoms with E-state index in [1.54, 1.807) is 18.2 Å². The van der Waals surface area contributed by atoms with Crippen molar-refractivity contribution in [2.45, 2.75) is 44.8 Å². The second-order valence-electron chi connectivity index (χ2n) is 8.71. The predicted octanol–water partition coefficient (Wildman–Crippen LogP) is 1.96. The Morgan fingerprint density at radius 3 is 2.56 bits per heavy atom. The van der Waals surface area contributed by atoms with Gasteiger partial charge in [0.25, 0.3) is 5.91 Å². The maximum Gasteiger partial charge on any atom is 0.328 e. The Morgan fingerprint density at radius 2 is 1.94 bits per heavy atom. The molecule has 2 aromatic heterocycles. The molecule has 2 saturated heterocycles. The lowest BCUT2D eigenvalue weighted by Gasteiger charge is -2.42. The van der Waals surface area contributed by atoms with E-state index in [1.807, 2.05) is 36.9 Å². The number of nitrogens with zero attached hydrogens (tertiary/aromatic N) is 6. The summed E-state index contributed by atoms with van der Waals surface area (Å²) in [5.74, 6) is -0.0946. The van der Waals surface area contributed by atoms with Crippen molar-refractivity contribution in [1.29, 1.82) is 0 Å². The van der Waals surface area contributed by atoms with Crippen molar-refractivity contribution in [1.82, 2.24) is 29.5 Å². The van der Waals surface area contributed by atoms with Gasteiger partial charge in [-0.3, -0.25) is 24.3 Å². The molecule has 0 aliphatic carbocycles. The highest BCUT2D eigenvalue weighted by atomic mass is 16.5. The normalized spacial score (nSPS) is 18.8. The van der Waals surface area contributed by atoms with Crippen LogP contribution in [0.15, 0.2) is 30.6 Å². The first kappa shape index (κ1) is 22.4. The van der Waals surface area contributed by atoms with E-state index in [9.17, 15) is 9.59 Å². The highest BCUT2D eigenvalue weighted by molar-refractivity contribution is 6.07. The van der Waals surface area contributed by atoms with Crippen LogP contribution in [0.2, 0.25) is 0 Å². The average molecular weight is 441 g/mol.